The second-order valence-corrected chi connectivity index (χ2v) is 6.47. The lowest BCUT2D eigenvalue weighted by Crippen LogP contribution is -2.42. The number of hydrogen-bond donors (Lipinski definition) is 1. The first-order valence-corrected chi connectivity index (χ1v) is 8.61. The predicted octanol–water partition coefficient (Wildman–Crippen LogP) is 2.73. The SMILES string of the molecule is Cc1cc(N)cc([C@@H]2CN(C(=O)c3ccc4ccccc4n3)CCO2)n1. The Morgan fingerprint density at radius 2 is 2.04 bits per heavy atom. The highest BCUT2D eigenvalue weighted by atomic mass is 16.5. The van der Waals surface area contributed by atoms with E-state index in [4.69, 9.17) is 10.5 Å². The summed E-state index contributed by atoms with van der Waals surface area (Å²) >= 11 is 0. The van der Waals surface area contributed by atoms with Crippen molar-refractivity contribution in [3.8, 4) is 0 Å². The number of amides is 1. The number of anilines is 1. The molecule has 3 aromatic rings. The summed E-state index contributed by atoms with van der Waals surface area (Å²) in [7, 11) is 0. The van der Waals surface area contributed by atoms with E-state index in [2.05, 4.69) is 9.97 Å². The number of para-hydroxylation sites is 1. The van der Waals surface area contributed by atoms with Gasteiger partial charge >= 0.3 is 0 Å². The van der Waals surface area contributed by atoms with Gasteiger partial charge in [-0.2, -0.15) is 0 Å². The van der Waals surface area contributed by atoms with Crippen LogP contribution in [0.25, 0.3) is 10.9 Å². The maximum atomic E-state index is 12.9. The summed E-state index contributed by atoms with van der Waals surface area (Å²) in [6.45, 7) is 3.32. The molecule has 2 N–H and O–H groups in total. The number of ether oxygens (including phenoxy) is 1. The van der Waals surface area contributed by atoms with Gasteiger partial charge in [-0.15, -0.1) is 0 Å². The quantitative estimate of drug-likeness (QED) is 0.770. The van der Waals surface area contributed by atoms with Gasteiger partial charge in [-0.1, -0.05) is 24.3 Å². The maximum absolute atomic E-state index is 12.9. The number of benzene rings is 1. The van der Waals surface area contributed by atoms with E-state index in [9.17, 15) is 4.79 Å². The number of nitrogens with zero attached hydrogens (tertiary/aromatic N) is 3. The standard InChI is InChI=1S/C20H20N4O2/c1-13-10-15(21)11-18(22-13)19-12-24(8-9-26-19)20(25)17-7-6-14-4-2-3-5-16(14)23-17/h2-7,10-11,19H,8-9,12H2,1H3,(H2,21,22)/t19-/m0/s1. The molecule has 1 aliphatic rings. The van der Waals surface area contributed by atoms with Gasteiger partial charge < -0.3 is 15.4 Å². The number of aryl methyl sites for hydroxylation is 1. The number of carbonyl (C=O) groups excluding carboxylic acids is 1. The van der Waals surface area contributed by atoms with Crippen molar-refractivity contribution in [3.05, 3.63) is 65.6 Å². The first kappa shape index (κ1) is 16.5. The highest BCUT2D eigenvalue weighted by Crippen LogP contribution is 2.24. The Morgan fingerprint density at radius 3 is 2.88 bits per heavy atom. The largest absolute Gasteiger partial charge is 0.399 e. The molecule has 0 radical (unpaired) electrons. The summed E-state index contributed by atoms with van der Waals surface area (Å²) in [6.07, 6.45) is -0.282. The number of aromatic nitrogens is 2. The number of pyridine rings is 2. The van der Waals surface area contributed by atoms with E-state index in [0.717, 1.165) is 22.3 Å². The molecule has 0 unspecified atom stereocenters. The van der Waals surface area contributed by atoms with Gasteiger partial charge in [-0.25, -0.2) is 4.98 Å². The van der Waals surface area contributed by atoms with Crippen LogP contribution in [-0.4, -0.2) is 40.5 Å². The van der Waals surface area contributed by atoms with Crippen molar-refractivity contribution in [2.24, 2.45) is 0 Å². The molecule has 0 bridgehead atoms. The molecule has 6 nitrogen and oxygen atoms in total. The summed E-state index contributed by atoms with van der Waals surface area (Å²) in [6, 6.07) is 15.1. The molecule has 0 aliphatic carbocycles. The summed E-state index contributed by atoms with van der Waals surface area (Å²) < 4.78 is 5.83. The third kappa shape index (κ3) is 3.23. The molecule has 132 valence electrons. The molecule has 1 fully saturated rings. The molecule has 1 atom stereocenters. The summed E-state index contributed by atoms with van der Waals surface area (Å²) in [5.41, 5.74) is 9.42. The molecule has 26 heavy (non-hydrogen) atoms. The molecule has 6 heteroatoms. The average Bonchev–Trinajstić information content (AvgIpc) is 2.66. The van der Waals surface area contributed by atoms with E-state index in [0.29, 0.717) is 31.1 Å². The van der Waals surface area contributed by atoms with Crippen LogP contribution in [0.2, 0.25) is 0 Å². The fourth-order valence-corrected chi connectivity index (χ4v) is 3.25. The molecule has 2 aromatic heterocycles. The maximum Gasteiger partial charge on any atom is 0.272 e. The normalized spacial score (nSPS) is 17.4. The first-order chi connectivity index (χ1) is 12.6. The number of carbonyl (C=O) groups is 1. The number of nitrogen functional groups attached to an aromatic ring is 1. The van der Waals surface area contributed by atoms with Crippen molar-refractivity contribution in [2.45, 2.75) is 13.0 Å². The van der Waals surface area contributed by atoms with Crippen molar-refractivity contribution in [1.82, 2.24) is 14.9 Å². The van der Waals surface area contributed by atoms with Crippen molar-refractivity contribution in [1.29, 1.82) is 0 Å². The molecular formula is C20H20N4O2. The van der Waals surface area contributed by atoms with Crippen molar-refractivity contribution < 1.29 is 9.53 Å². The van der Waals surface area contributed by atoms with E-state index in [1.807, 2.05) is 43.3 Å². The van der Waals surface area contributed by atoms with Crippen LogP contribution in [0.3, 0.4) is 0 Å². The van der Waals surface area contributed by atoms with Gasteiger partial charge in [-0.05, 0) is 31.2 Å². The lowest BCUT2D eigenvalue weighted by Gasteiger charge is -2.32. The zero-order chi connectivity index (χ0) is 18.1. The van der Waals surface area contributed by atoms with Crippen molar-refractivity contribution >= 4 is 22.5 Å². The number of rotatable bonds is 2. The van der Waals surface area contributed by atoms with Crippen LogP contribution in [0.5, 0.6) is 0 Å². The summed E-state index contributed by atoms with van der Waals surface area (Å²) in [5.74, 6) is -0.0929. The molecule has 1 amide bonds. The molecular weight excluding hydrogens is 328 g/mol. The molecule has 0 spiro atoms. The van der Waals surface area contributed by atoms with E-state index in [1.165, 1.54) is 0 Å². The lowest BCUT2D eigenvalue weighted by atomic mass is 10.1. The number of nitrogens with two attached hydrogens (primary N) is 1. The van der Waals surface area contributed by atoms with Gasteiger partial charge in [-0.3, -0.25) is 9.78 Å². The highest BCUT2D eigenvalue weighted by Gasteiger charge is 2.28. The minimum atomic E-state index is -0.282. The Morgan fingerprint density at radius 1 is 1.19 bits per heavy atom. The molecule has 3 heterocycles. The summed E-state index contributed by atoms with van der Waals surface area (Å²) in [5, 5.41) is 1.02. The van der Waals surface area contributed by atoms with Crippen LogP contribution in [0.15, 0.2) is 48.5 Å². The van der Waals surface area contributed by atoms with E-state index < -0.39 is 0 Å². The fourth-order valence-electron chi connectivity index (χ4n) is 3.25. The number of hydrogen-bond acceptors (Lipinski definition) is 5. The molecule has 1 aliphatic heterocycles. The third-order valence-electron chi connectivity index (χ3n) is 4.50. The van der Waals surface area contributed by atoms with Gasteiger partial charge in [0.25, 0.3) is 5.91 Å². The van der Waals surface area contributed by atoms with Crippen LogP contribution in [-0.2, 0) is 4.74 Å². The molecule has 0 saturated carbocycles. The zero-order valence-corrected chi connectivity index (χ0v) is 14.6. The summed E-state index contributed by atoms with van der Waals surface area (Å²) in [4.78, 5) is 23.7. The Balaban J connectivity index is 1.57. The van der Waals surface area contributed by atoms with Crippen LogP contribution >= 0.6 is 0 Å². The van der Waals surface area contributed by atoms with Gasteiger partial charge in [0, 0.05) is 23.3 Å². The van der Waals surface area contributed by atoms with E-state index in [1.54, 1.807) is 17.0 Å². The van der Waals surface area contributed by atoms with Crippen molar-refractivity contribution in [2.75, 3.05) is 25.4 Å². The number of fused-ring (bicyclic) bond motifs is 1. The molecule has 4 rings (SSSR count). The monoisotopic (exact) mass is 348 g/mol. The number of morpholine rings is 1. The minimum Gasteiger partial charge on any atom is -0.399 e. The van der Waals surface area contributed by atoms with Gasteiger partial charge in [0.1, 0.15) is 11.8 Å². The van der Waals surface area contributed by atoms with Crippen LogP contribution in [0.1, 0.15) is 28.0 Å². The van der Waals surface area contributed by atoms with Gasteiger partial charge in [0.05, 0.1) is 24.4 Å². The van der Waals surface area contributed by atoms with Crippen LogP contribution in [0, 0.1) is 6.92 Å². The molecule has 1 saturated heterocycles. The van der Waals surface area contributed by atoms with Crippen molar-refractivity contribution in [3.63, 3.8) is 0 Å². The Kier molecular flexibility index (Phi) is 4.26. The fraction of sp³-hybridized carbons (Fsp3) is 0.250. The van der Waals surface area contributed by atoms with E-state index >= 15 is 0 Å². The second kappa shape index (κ2) is 6.72. The second-order valence-electron chi connectivity index (χ2n) is 6.47. The van der Waals surface area contributed by atoms with Gasteiger partial charge in [0.2, 0.25) is 0 Å². The predicted molar refractivity (Wildman–Crippen MR) is 99.7 cm³/mol. The lowest BCUT2D eigenvalue weighted by molar-refractivity contribution is -0.0249. The van der Waals surface area contributed by atoms with E-state index in [-0.39, 0.29) is 12.0 Å². The molecule has 1 aromatic carbocycles. The smallest absolute Gasteiger partial charge is 0.272 e. The topological polar surface area (TPSA) is 81.3 Å². The minimum absolute atomic E-state index is 0.0929. The van der Waals surface area contributed by atoms with Crippen LogP contribution < -0.4 is 5.73 Å². The third-order valence-corrected chi connectivity index (χ3v) is 4.50. The highest BCUT2D eigenvalue weighted by molar-refractivity contribution is 5.95. The average molecular weight is 348 g/mol. The Labute approximate surface area is 151 Å². The van der Waals surface area contributed by atoms with Gasteiger partial charge in [0.15, 0.2) is 0 Å². The Bertz CT molecular complexity index is 953. The van der Waals surface area contributed by atoms with Crippen LogP contribution in [0.4, 0.5) is 5.69 Å². The first-order valence-electron chi connectivity index (χ1n) is 8.61. The zero-order valence-electron chi connectivity index (χ0n) is 14.6. The Hall–Kier alpha value is -2.99.